The van der Waals surface area contributed by atoms with Crippen LogP contribution in [0.3, 0.4) is 0 Å². The van der Waals surface area contributed by atoms with Crippen LogP contribution in [0.4, 0.5) is 0 Å². The summed E-state index contributed by atoms with van der Waals surface area (Å²) in [5.41, 5.74) is 1.78. The fourth-order valence-corrected chi connectivity index (χ4v) is 5.22. The summed E-state index contributed by atoms with van der Waals surface area (Å²) in [6.45, 7) is 3.10. The predicted molar refractivity (Wildman–Crippen MR) is 118 cm³/mol. The van der Waals surface area contributed by atoms with Gasteiger partial charge in [0, 0.05) is 42.2 Å². The Hall–Kier alpha value is -2.94. The molecule has 0 radical (unpaired) electrons. The number of benzene rings is 1. The van der Waals surface area contributed by atoms with E-state index >= 15 is 0 Å². The lowest BCUT2D eigenvalue weighted by molar-refractivity contribution is 0.0695. The Morgan fingerprint density at radius 1 is 1.13 bits per heavy atom. The Balaban J connectivity index is 1.50. The highest BCUT2D eigenvalue weighted by atomic mass is 32.2. The molecule has 164 valence electrons. The second-order valence-electron chi connectivity index (χ2n) is 8.51. The molecular formula is C22H26N4O4S. The molecule has 1 aromatic heterocycles. The van der Waals surface area contributed by atoms with Crippen molar-refractivity contribution in [2.24, 2.45) is 0 Å². The predicted octanol–water partition coefficient (Wildman–Crippen LogP) is 1.75. The minimum atomic E-state index is -2.76. The highest BCUT2D eigenvalue weighted by molar-refractivity contribution is 7.93. The molecule has 2 amide bonds. The van der Waals surface area contributed by atoms with E-state index in [0.717, 1.165) is 11.1 Å². The van der Waals surface area contributed by atoms with E-state index in [0.29, 0.717) is 19.4 Å². The van der Waals surface area contributed by atoms with E-state index in [1.165, 1.54) is 23.0 Å². The molecule has 8 nitrogen and oxygen atoms in total. The van der Waals surface area contributed by atoms with Crippen molar-refractivity contribution < 1.29 is 13.8 Å². The summed E-state index contributed by atoms with van der Waals surface area (Å²) in [7, 11) is -2.76. The van der Waals surface area contributed by atoms with E-state index in [1.54, 1.807) is 4.90 Å². The van der Waals surface area contributed by atoms with E-state index in [2.05, 4.69) is 5.32 Å². The third-order valence-corrected chi connectivity index (χ3v) is 8.40. The summed E-state index contributed by atoms with van der Waals surface area (Å²) < 4.78 is 20.9. The normalized spacial score (nSPS) is 18.8. The molecule has 2 aromatic rings. The maximum absolute atomic E-state index is 12.9. The van der Waals surface area contributed by atoms with Crippen molar-refractivity contribution in [2.75, 3.05) is 19.3 Å². The van der Waals surface area contributed by atoms with Crippen LogP contribution in [0.2, 0.25) is 0 Å². The number of pyridine rings is 1. The molecule has 0 saturated heterocycles. The first-order chi connectivity index (χ1) is 14.6. The van der Waals surface area contributed by atoms with Crippen LogP contribution in [0.5, 0.6) is 0 Å². The number of aryl methyl sites for hydroxylation is 1. The van der Waals surface area contributed by atoms with Crippen molar-refractivity contribution in [3.63, 3.8) is 0 Å². The average molecular weight is 443 g/mol. The maximum atomic E-state index is 12.9. The molecule has 1 aliphatic heterocycles. The molecule has 31 heavy (non-hydrogen) atoms. The molecule has 1 atom stereocenters. The molecule has 2 heterocycles. The molecule has 0 bridgehead atoms. The monoisotopic (exact) mass is 442 g/mol. The van der Waals surface area contributed by atoms with Gasteiger partial charge in [-0.2, -0.15) is 0 Å². The molecule has 0 unspecified atom stereocenters. The van der Waals surface area contributed by atoms with Crippen molar-refractivity contribution >= 4 is 21.5 Å². The number of fused-ring (bicyclic) bond motifs is 1. The standard InChI is InChI=1S/C22H26N4O4S/c1-15-3-5-16(6-4-15)13-24-19(27)17-7-8-18-21(29)25(11-12-26(18)20(17)28)14-22(9-10-22)31(2,23)30/h3-8,23H,9-14H2,1-2H3,(H,24,27)/t31-/m1/s1. The highest BCUT2D eigenvalue weighted by Crippen LogP contribution is 2.44. The van der Waals surface area contributed by atoms with Crippen LogP contribution in [0.1, 0.15) is 44.8 Å². The van der Waals surface area contributed by atoms with Gasteiger partial charge >= 0.3 is 0 Å². The van der Waals surface area contributed by atoms with Gasteiger partial charge in [-0.3, -0.25) is 19.2 Å². The van der Waals surface area contributed by atoms with Crippen molar-refractivity contribution in [3.05, 3.63) is 69.1 Å². The Kier molecular flexibility index (Phi) is 5.25. The van der Waals surface area contributed by atoms with E-state index < -0.39 is 25.9 Å². The van der Waals surface area contributed by atoms with Gasteiger partial charge < -0.3 is 14.8 Å². The molecule has 1 saturated carbocycles. The minimum absolute atomic E-state index is 0.00138. The number of hydrogen-bond donors (Lipinski definition) is 2. The molecule has 9 heteroatoms. The smallest absolute Gasteiger partial charge is 0.270 e. The summed E-state index contributed by atoms with van der Waals surface area (Å²) in [4.78, 5) is 40.0. The molecular weight excluding hydrogens is 416 g/mol. The third kappa shape index (κ3) is 4.01. The largest absolute Gasteiger partial charge is 0.348 e. The number of amides is 2. The zero-order valence-corrected chi connectivity index (χ0v) is 18.5. The van der Waals surface area contributed by atoms with Crippen molar-refractivity contribution in [1.82, 2.24) is 14.8 Å². The topological polar surface area (TPSA) is 112 Å². The number of rotatable bonds is 6. The second-order valence-corrected chi connectivity index (χ2v) is 11.1. The molecule has 4 rings (SSSR count). The molecule has 2 aliphatic rings. The van der Waals surface area contributed by atoms with Gasteiger partial charge in [0.2, 0.25) is 0 Å². The first-order valence-corrected chi connectivity index (χ1v) is 12.2. The SMILES string of the molecule is Cc1ccc(CNC(=O)c2ccc3n(c2=O)CCN(CC2([S@](C)(=N)=O)CC2)C3=O)cc1. The summed E-state index contributed by atoms with van der Waals surface area (Å²) in [6, 6.07) is 10.6. The Labute approximate surface area is 181 Å². The van der Waals surface area contributed by atoms with E-state index in [-0.39, 0.29) is 36.8 Å². The third-order valence-electron chi connectivity index (χ3n) is 6.21. The van der Waals surface area contributed by atoms with Crippen LogP contribution >= 0.6 is 0 Å². The molecule has 1 aromatic carbocycles. The summed E-state index contributed by atoms with van der Waals surface area (Å²) in [5.74, 6) is -0.808. The lowest BCUT2D eigenvalue weighted by Crippen LogP contribution is -2.49. The van der Waals surface area contributed by atoms with Crippen molar-refractivity contribution in [2.45, 2.75) is 37.6 Å². The van der Waals surface area contributed by atoms with Crippen LogP contribution < -0.4 is 10.9 Å². The van der Waals surface area contributed by atoms with Gasteiger partial charge in [0.15, 0.2) is 0 Å². The van der Waals surface area contributed by atoms with Crippen LogP contribution in [-0.2, 0) is 22.8 Å². The number of nitrogens with zero attached hydrogens (tertiary/aromatic N) is 2. The van der Waals surface area contributed by atoms with E-state index in [1.807, 2.05) is 31.2 Å². The van der Waals surface area contributed by atoms with Gasteiger partial charge in [-0.25, -0.2) is 4.21 Å². The molecule has 1 fully saturated rings. The van der Waals surface area contributed by atoms with Crippen molar-refractivity contribution in [1.29, 1.82) is 4.78 Å². The molecule has 0 spiro atoms. The quantitative estimate of drug-likeness (QED) is 0.710. The average Bonchev–Trinajstić information content (AvgIpc) is 3.51. The minimum Gasteiger partial charge on any atom is -0.348 e. The number of carbonyl (C=O) groups excluding carboxylic acids is 2. The van der Waals surface area contributed by atoms with Gasteiger partial charge in [0.25, 0.3) is 17.4 Å². The fraction of sp³-hybridized carbons (Fsp3) is 0.409. The van der Waals surface area contributed by atoms with E-state index in [4.69, 9.17) is 4.78 Å². The van der Waals surface area contributed by atoms with Crippen LogP contribution in [0.25, 0.3) is 0 Å². The van der Waals surface area contributed by atoms with Crippen LogP contribution in [-0.4, -0.2) is 49.6 Å². The Morgan fingerprint density at radius 2 is 1.81 bits per heavy atom. The van der Waals surface area contributed by atoms with Gasteiger partial charge in [-0.05, 0) is 37.5 Å². The Morgan fingerprint density at radius 3 is 2.42 bits per heavy atom. The zero-order valence-electron chi connectivity index (χ0n) is 17.6. The number of aromatic nitrogens is 1. The summed E-state index contributed by atoms with van der Waals surface area (Å²) in [5, 5.41) is 2.76. The van der Waals surface area contributed by atoms with Gasteiger partial charge in [-0.15, -0.1) is 0 Å². The van der Waals surface area contributed by atoms with Crippen LogP contribution in [0.15, 0.2) is 41.2 Å². The zero-order chi connectivity index (χ0) is 22.4. The highest BCUT2D eigenvalue weighted by Gasteiger charge is 2.51. The lowest BCUT2D eigenvalue weighted by atomic mass is 10.1. The van der Waals surface area contributed by atoms with Crippen LogP contribution in [0, 0.1) is 11.7 Å². The number of nitrogens with one attached hydrogen (secondary N) is 2. The van der Waals surface area contributed by atoms with E-state index in [9.17, 15) is 18.6 Å². The van der Waals surface area contributed by atoms with Crippen molar-refractivity contribution in [3.8, 4) is 0 Å². The second kappa shape index (κ2) is 7.64. The Bertz CT molecular complexity index is 1210. The molecule has 1 aliphatic carbocycles. The number of hydrogen-bond acceptors (Lipinski definition) is 5. The summed E-state index contributed by atoms with van der Waals surface area (Å²) >= 11 is 0. The first-order valence-electron chi connectivity index (χ1n) is 10.2. The van der Waals surface area contributed by atoms with Gasteiger partial charge in [-0.1, -0.05) is 29.8 Å². The van der Waals surface area contributed by atoms with Gasteiger partial charge in [0.05, 0.1) is 4.75 Å². The van der Waals surface area contributed by atoms with Gasteiger partial charge in [0.1, 0.15) is 11.3 Å². The number of carbonyl (C=O) groups is 2. The summed E-state index contributed by atoms with van der Waals surface area (Å²) in [6.07, 6.45) is 2.76. The molecule has 2 N–H and O–H groups in total. The fourth-order valence-electron chi connectivity index (χ4n) is 3.94. The first kappa shape index (κ1) is 21.3. The lowest BCUT2D eigenvalue weighted by Gasteiger charge is -2.32. The maximum Gasteiger partial charge on any atom is 0.270 e.